The van der Waals surface area contributed by atoms with Gasteiger partial charge in [0.2, 0.25) is 0 Å². The van der Waals surface area contributed by atoms with E-state index < -0.39 is 0 Å². The zero-order valence-corrected chi connectivity index (χ0v) is 16.5. The van der Waals surface area contributed by atoms with E-state index in [1.165, 1.54) is 0 Å². The third-order valence-corrected chi connectivity index (χ3v) is 5.04. The lowest BCUT2D eigenvalue weighted by Gasteiger charge is -2.21. The fourth-order valence-corrected chi connectivity index (χ4v) is 3.43. The monoisotopic (exact) mass is 402 g/mol. The van der Waals surface area contributed by atoms with E-state index >= 15 is 0 Å². The van der Waals surface area contributed by atoms with Crippen LogP contribution in [0.4, 0.5) is 5.69 Å². The molecule has 3 aromatic carbocycles. The Morgan fingerprint density at radius 1 is 1.10 bits per heavy atom. The van der Waals surface area contributed by atoms with Crippen LogP contribution in [0.3, 0.4) is 0 Å². The molecule has 152 valence electrons. The first-order valence-electron chi connectivity index (χ1n) is 9.73. The molecule has 0 saturated carbocycles. The smallest absolute Gasteiger partial charge is 0.262 e. The van der Waals surface area contributed by atoms with E-state index in [4.69, 9.17) is 4.74 Å². The molecule has 0 fully saturated rings. The maximum Gasteiger partial charge on any atom is 0.262 e. The molecule has 0 spiro atoms. The maximum absolute atomic E-state index is 12.8. The lowest BCUT2D eigenvalue weighted by Crippen LogP contribution is -2.28. The van der Waals surface area contributed by atoms with Gasteiger partial charge in [-0.1, -0.05) is 42.5 Å². The van der Waals surface area contributed by atoms with Crippen LogP contribution in [0.25, 0.3) is 0 Å². The highest BCUT2D eigenvalue weighted by Gasteiger charge is 2.19. The van der Waals surface area contributed by atoms with Crippen LogP contribution in [0.15, 0.2) is 66.7 Å². The van der Waals surface area contributed by atoms with Gasteiger partial charge in [0.05, 0.1) is 17.3 Å². The van der Waals surface area contributed by atoms with Gasteiger partial charge in [-0.05, 0) is 54.3 Å². The van der Waals surface area contributed by atoms with Crippen LogP contribution in [0.1, 0.15) is 40.0 Å². The Hall–Kier alpha value is -3.80. The molecule has 0 saturated heterocycles. The van der Waals surface area contributed by atoms with Crippen LogP contribution < -0.4 is 15.4 Å². The minimum Gasteiger partial charge on any atom is -0.507 e. The lowest BCUT2D eigenvalue weighted by molar-refractivity contribution is -0.118. The third-order valence-electron chi connectivity index (χ3n) is 5.04. The van der Waals surface area contributed by atoms with Gasteiger partial charge in [0, 0.05) is 0 Å². The predicted octanol–water partition coefficient (Wildman–Crippen LogP) is 3.80. The molecule has 3 aromatic rings. The Balaban J connectivity index is 1.50. The molecule has 0 aromatic heterocycles. The van der Waals surface area contributed by atoms with Gasteiger partial charge < -0.3 is 20.5 Å². The van der Waals surface area contributed by atoms with E-state index in [0.29, 0.717) is 17.9 Å². The van der Waals surface area contributed by atoms with Crippen LogP contribution in [0.2, 0.25) is 0 Å². The van der Waals surface area contributed by atoms with Gasteiger partial charge in [0.1, 0.15) is 11.5 Å². The number of phenols is 1. The van der Waals surface area contributed by atoms with Crippen LogP contribution in [-0.2, 0) is 11.2 Å². The molecular weight excluding hydrogens is 380 g/mol. The maximum atomic E-state index is 12.8. The number of phenolic OH excluding ortho intramolecular Hbond substituents is 1. The van der Waals surface area contributed by atoms with Gasteiger partial charge in [0.15, 0.2) is 6.61 Å². The number of nitrogens with one attached hydrogen (secondary N) is 2. The lowest BCUT2D eigenvalue weighted by atomic mass is 10.0. The summed E-state index contributed by atoms with van der Waals surface area (Å²) in [5.41, 5.74) is 3.68. The molecule has 30 heavy (non-hydrogen) atoms. The van der Waals surface area contributed by atoms with Crippen molar-refractivity contribution in [1.29, 1.82) is 0 Å². The first-order valence-corrected chi connectivity index (χ1v) is 9.73. The number of aromatic hydroxyl groups is 1. The number of benzene rings is 3. The SMILES string of the molecule is CC(NC(=O)c1cc(Cc2ccccc2)ccc1O)c1ccc2c(c1)NC(=O)CO2. The van der Waals surface area contributed by atoms with Crippen molar-refractivity contribution < 1.29 is 19.4 Å². The summed E-state index contributed by atoms with van der Waals surface area (Å²) in [4.78, 5) is 24.4. The van der Waals surface area contributed by atoms with Gasteiger partial charge >= 0.3 is 0 Å². The normalized spacial score (nSPS) is 13.6. The second kappa shape index (κ2) is 8.29. The predicted molar refractivity (Wildman–Crippen MR) is 114 cm³/mol. The summed E-state index contributed by atoms with van der Waals surface area (Å²) in [5, 5.41) is 15.9. The number of carbonyl (C=O) groups excluding carboxylic acids is 2. The molecule has 0 radical (unpaired) electrons. The molecule has 1 heterocycles. The molecule has 2 amide bonds. The van der Waals surface area contributed by atoms with Gasteiger partial charge in [-0.2, -0.15) is 0 Å². The third kappa shape index (κ3) is 4.27. The number of fused-ring (bicyclic) bond motifs is 1. The number of anilines is 1. The van der Waals surface area contributed by atoms with E-state index in [2.05, 4.69) is 10.6 Å². The molecule has 6 heteroatoms. The topological polar surface area (TPSA) is 87.7 Å². The average molecular weight is 402 g/mol. The fraction of sp³-hybridized carbons (Fsp3) is 0.167. The van der Waals surface area contributed by atoms with Crippen molar-refractivity contribution >= 4 is 17.5 Å². The fourth-order valence-electron chi connectivity index (χ4n) is 3.43. The van der Waals surface area contributed by atoms with E-state index in [-0.39, 0.29) is 35.8 Å². The number of carbonyl (C=O) groups is 2. The summed E-state index contributed by atoms with van der Waals surface area (Å²) in [5.74, 6) is -0.0461. The molecule has 1 atom stereocenters. The summed E-state index contributed by atoms with van der Waals surface area (Å²) >= 11 is 0. The largest absolute Gasteiger partial charge is 0.507 e. The van der Waals surface area contributed by atoms with E-state index in [1.807, 2.05) is 49.4 Å². The highest BCUT2D eigenvalue weighted by molar-refractivity contribution is 5.97. The molecule has 0 bridgehead atoms. The highest BCUT2D eigenvalue weighted by atomic mass is 16.5. The molecular formula is C24H22N2O4. The van der Waals surface area contributed by atoms with Crippen molar-refractivity contribution in [1.82, 2.24) is 5.32 Å². The van der Waals surface area contributed by atoms with Crippen molar-refractivity contribution in [3.63, 3.8) is 0 Å². The van der Waals surface area contributed by atoms with Crippen molar-refractivity contribution in [2.75, 3.05) is 11.9 Å². The quantitative estimate of drug-likeness (QED) is 0.606. The van der Waals surface area contributed by atoms with Crippen LogP contribution in [0.5, 0.6) is 11.5 Å². The van der Waals surface area contributed by atoms with E-state index in [1.54, 1.807) is 24.3 Å². The summed E-state index contributed by atoms with van der Waals surface area (Å²) in [6, 6.07) is 20.1. The first-order chi connectivity index (χ1) is 14.5. The summed E-state index contributed by atoms with van der Waals surface area (Å²) < 4.78 is 5.37. The molecule has 1 unspecified atom stereocenters. The van der Waals surface area contributed by atoms with Crippen molar-refractivity contribution in [2.24, 2.45) is 0 Å². The molecule has 0 aliphatic carbocycles. The minimum atomic E-state index is -0.368. The summed E-state index contributed by atoms with van der Waals surface area (Å²) in [6.45, 7) is 1.84. The Kier molecular flexibility index (Phi) is 5.39. The van der Waals surface area contributed by atoms with Crippen LogP contribution in [0, 0.1) is 0 Å². The number of ether oxygens (including phenoxy) is 1. The van der Waals surface area contributed by atoms with Crippen LogP contribution in [-0.4, -0.2) is 23.5 Å². The van der Waals surface area contributed by atoms with Crippen molar-refractivity contribution in [3.8, 4) is 11.5 Å². The van der Waals surface area contributed by atoms with Gasteiger partial charge in [-0.25, -0.2) is 0 Å². The Morgan fingerprint density at radius 3 is 2.70 bits per heavy atom. The standard InChI is InChI=1S/C24H22N2O4/c1-15(18-8-10-22-20(13-18)26-23(28)14-30-22)25-24(29)19-12-17(7-9-21(19)27)11-16-5-3-2-4-6-16/h2-10,12-13,15,27H,11,14H2,1H3,(H,25,29)(H,26,28). The number of hydrogen-bond acceptors (Lipinski definition) is 4. The van der Waals surface area contributed by atoms with Gasteiger partial charge in [-0.15, -0.1) is 0 Å². The Labute approximate surface area is 174 Å². The molecule has 4 rings (SSSR count). The highest BCUT2D eigenvalue weighted by Crippen LogP contribution is 2.31. The summed E-state index contributed by atoms with van der Waals surface area (Å²) in [6.07, 6.45) is 0.668. The Morgan fingerprint density at radius 2 is 1.90 bits per heavy atom. The second-order valence-electron chi connectivity index (χ2n) is 7.30. The van der Waals surface area contributed by atoms with Gasteiger partial charge in [-0.3, -0.25) is 9.59 Å². The second-order valence-corrected chi connectivity index (χ2v) is 7.30. The zero-order chi connectivity index (χ0) is 21.1. The zero-order valence-electron chi connectivity index (χ0n) is 16.5. The van der Waals surface area contributed by atoms with Crippen LogP contribution >= 0.6 is 0 Å². The van der Waals surface area contributed by atoms with E-state index in [9.17, 15) is 14.7 Å². The molecule has 3 N–H and O–H groups in total. The van der Waals surface area contributed by atoms with Crippen molar-refractivity contribution in [3.05, 3.63) is 89.0 Å². The minimum absolute atomic E-state index is 0.00274. The molecule has 1 aliphatic heterocycles. The van der Waals surface area contributed by atoms with Gasteiger partial charge in [0.25, 0.3) is 11.8 Å². The number of rotatable bonds is 5. The molecule has 6 nitrogen and oxygen atoms in total. The Bertz CT molecular complexity index is 1100. The van der Waals surface area contributed by atoms with E-state index in [0.717, 1.165) is 16.7 Å². The summed E-state index contributed by atoms with van der Waals surface area (Å²) in [7, 11) is 0. The molecule has 1 aliphatic rings. The average Bonchev–Trinajstić information content (AvgIpc) is 2.75. The number of amides is 2. The van der Waals surface area contributed by atoms with Crippen molar-refractivity contribution in [2.45, 2.75) is 19.4 Å². The first kappa shape index (κ1) is 19.5. The number of hydrogen-bond donors (Lipinski definition) is 3.